The lowest BCUT2D eigenvalue weighted by molar-refractivity contribution is 0.102. The predicted molar refractivity (Wildman–Crippen MR) is 100 cm³/mol. The maximum Gasteiger partial charge on any atom is 0.420 e. The first kappa shape index (κ1) is 19.6. The molecular formula is C17H13ClFN3O5S. The second-order valence-electron chi connectivity index (χ2n) is 5.61. The van der Waals surface area contributed by atoms with Crippen LogP contribution in [0.25, 0.3) is 10.9 Å². The molecule has 0 aliphatic carbocycles. The Morgan fingerprint density at radius 3 is 2.46 bits per heavy atom. The molecule has 0 aliphatic heterocycles. The number of hydrogen-bond donors (Lipinski definition) is 3. The van der Waals surface area contributed by atoms with Crippen LogP contribution in [0, 0.1) is 5.82 Å². The van der Waals surface area contributed by atoms with Crippen LogP contribution in [0.2, 0.25) is 5.02 Å². The lowest BCUT2D eigenvalue weighted by Gasteiger charge is -2.07. The van der Waals surface area contributed by atoms with Crippen LogP contribution in [-0.2, 0) is 14.8 Å². The molecule has 28 heavy (non-hydrogen) atoms. The van der Waals surface area contributed by atoms with E-state index in [1.54, 1.807) is 4.72 Å². The maximum atomic E-state index is 13.9. The van der Waals surface area contributed by atoms with Crippen LogP contribution < -0.4 is 10.0 Å². The van der Waals surface area contributed by atoms with E-state index in [2.05, 4.69) is 15.0 Å². The maximum absolute atomic E-state index is 13.9. The summed E-state index contributed by atoms with van der Waals surface area (Å²) in [5.41, 5.74) is 0.755. The van der Waals surface area contributed by atoms with Crippen molar-refractivity contribution in [2.24, 2.45) is 0 Å². The Kier molecular flexibility index (Phi) is 5.25. The first-order valence-corrected chi connectivity index (χ1v) is 9.55. The number of carbonyl (C=O) groups excluding carboxylic acids is 2. The number of rotatable bonds is 4. The lowest BCUT2D eigenvalue weighted by atomic mass is 10.2. The van der Waals surface area contributed by atoms with E-state index >= 15 is 0 Å². The van der Waals surface area contributed by atoms with Crippen LogP contribution in [0.1, 0.15) is 10.5 Å². The van der Waals surface area contributed by atoms with Gasteiger partial charge in [0.05, 0.1) is 17.5 Å². The van der Waals surface area contributed by atoms with E-state index < -0.39 is 27.8 Å². The number of halogens is 2. The van der Waals surface area contributed by atoms with E-state index in [9.17, 15) is 22.4 Å². The topological polar surface area (TPSA) is 117 Å². The summed E-state index contributed by atoms with van der Waals surface area (Å²) in [6.07, 6.45) is -1.12. The van der Waals surface area contributed by atoms with Crippen molar-refractivity contribution in [1.82, 2.24) is 9.71 Å². The highest BCUT2D eigenvalue weighted by atomic mass is 35.5. The summed E-state index contributed by atoms with van der Waals surface area (Å²) in [7, 11) is -3.06. The fourth-order valence-corrected chi connectivity index (χ4v) is 3.53. The number of ether oxygens (including phenoxy) is 1. The monoisotopic (exact) mass is 425 g/mol. The van der Waals surface area contributed by atoms with E-state index in [1.807, 2.05) is 0 Å². The van der Waals surface area contributed by atoms with E-state index in [4.69, 9.17) is 11.6 Å². The molecule has 11 heteroatoms. The lowest BCUT2D eigenvalue weighted by Crippen LogP contribution is -2.30. The molecule has 2 amide bonds. The normalized spacial score (nSPS) is 11.2. The standard InChI is InChI=1S/C17H13ClFN3O5S/c1-27-17(24)22-28(25,26)11-4-2-10(3-5-11)20-16(23)15-8-12-13(19)6-9(18)7-14(12)21-15/h2-8,21H,1H3,(H,20,23)(H,22,24). The van der Waals surface area contributed by atoms with E-state index in [1.165, 1.54) is 36.4 Å². The highest BCUT2D eigenvalue weighted by Crippen LogP contribution is 2.24. The van der Waals surface area contributed by atoms with Gasteiger partial charge in [-0.15, -0.1) is 0 Å². The molecule has 0 bridgehead atoms. The zero-order chi connectivity index (χ0) is 20.5. The van der Waals surface area contributed by atoms with Crippen molar-refractivity contribution in [3.8, 4) is 0 Å². The van der Waals surface area contributed by atoms with Gasteiger partial charge in [-0.2, -0.15) is 0 Å². The number of aromatic amines is 1. The molecule has 1 aromatic heterocycles. The van der Waals surface area contributed by atoms with Crippen LogP contribution in [0.15, 0.2) is 47.4 Å². The highest BCUT2D eigenvalue weighted by Gasteiger charge is 2.18. The Balaban J connectivity index is 1.78. The van der Waals surface area contributed by atoms with Crippen LogP contribution in [0.3, 0.4) is 0 Å². The minimum atomic E-state index is -4.09. The molecule has 1 heterocycles. The number of amides is 2. The molecule has 0 aliphatic rings. The number of hydrogen-bond acceptors (Lipinski definition) is 5. The van der Waals surface area contributed by atoms with Gasteiger partial charge in [0.15, 0.2) is 0 Å². The molecule has 0 fully saturated rings. The number of anilines is 1. The van der Waals surface area contributed by atoms with Crippen molar-refractivity contribution < 1.29 is 27.1 Å². The first-order chi connectivity index (χ1) is 13.2. The Labute approximate surface area is 163 Å². The summed E-state index contributed by atoms with van der Waals surface area (Å²) in [5.74, 6) is -1.12. The molecule has 0 radical (unpaired) electrons. The fraction of sp³-hybridized carbons (Fsp3) is 0.0588. The van der Waals surface area contributed by atoms with Gasteiger partial charge in [-0.05, 0) is 42.5 Å². The van der Waals surface area contributed by atoms with Gasteiger partial charge in [0.1, 0.15) is 11.5 Å². The summed E-state index contributed by atoms with van der Waals surface area (Å²) in [6.45, 7) is 0. The van der Waals surface area contributed by atoms with E-state index in [0.717, 1.165) is 13.2 Å². The zero-order valence-corrected chi connectivity index (χ0v) is 15.8. The fourth-order valence-electron chi connectivity index (χ4n) is 2.41. The molecule has 8 nitrogen and oxygen atoms in total. The summed E-state index contributed by atoms with van der Waals surface area (Å²) >= 11 is 5.79. The third-order valence-electron chi connectivity index (χ3n) is 3.72. The molecule has 0 saturated heterocycles. The number of benzene rings is 2. The third kappa shape index (κ3) is 4.07. The van der Waals surface area contributed by atoms with Gasteiger partial charge in [-0.1, -0.05) is 11.6 Å². The largest absolute Gasteiger partial charge is 0.452 e. The average molecular weight is 426 g/mol. The summed E-state index contributed by atoms with van der Waals surface area (Å²) < 4.78 is 43.8. The Morgan fingerprint density at radius 1 is 1.14 bits per heavy atom. The smallest absolute Gasteiger partial charge is 0.420 e. The molecule has 0 unspecified atom stereocenters. The molecule has 146 valence electrons. The summed E-state index contributed by atoms with van der Waals surface area (Å²) in [4.78, 5) is 26.0. The van der Waals surface area contributed by atoms with Crippen LogP contribution in [-0.4, -0.2) is 32.5 Å². The molecule has 3 N–H and O–H groups in total. The van der Waals surface area contributed by atoms with Gasteiger partial charge in [0.25, 0.3) is 15.9 Å². The van der Waals surface area contributed by atoms with Crippen LogP contribution in [0.4, 0.5) is 14.9 Å². The van der Waals surface area contributed by atoms with Gasteiger partial charge in [-0.3, -0.25) is 4.79 Å². The minimum Gasteiger partial charge on any atom is -0.452 e. The molecular weight excluding hydrogens is 413 g/mol. The first-order valence-electron chi connectivity index (χ1n) is 7.69. The summed E-state index contributed by atoms with van der Waals surface area (Å²) in [5, 5.41) is 2.96. The van der Waals surface area contributed by atoms with Crippen molar-refractivity contribution in [2.45, 2.75) is 4.90 Å². The SMILES string of the molecule is COC(=O)NS(=O)(=O)c1ccc(NC(=O)c2cc3c(F)cc(Cl)cc3[nH]2)cc1. The zero-order valence-electron chi connectivity index (χ0n) is 14.2. The minimum absolute atomic E-state index is 0.0974. The van der Waals surface area contributed by atoms with Gasteiger partial charge in [-0.25, -0.2) is 22.3 Å². The predicted octanol–water partition coefficient (Wildman–Crippen LogP) is 3.26. The van der Waals surface area contributed by atoms with Crippen molar-refractivity contribution in [3.05, 3.63) is 59.0 Å². The van der Waals surface area contributed by atoms with E-state index in [-0.39, 0.29) is 21.0 Å². The Hall–Kier alpha value is -3.11. The number of aromatic nitrogens is 1. The van der Waals surface area contributed by atoms with Gasteiger partial charge in [0, 0.05) is 16.1 Å². The van der Waals surface area contributed by atoms with Crippen molar-refractivity contribution in [3.63, 3.8) is 0 Å². The molecule has 3 rings (SSSR count). The molecule has 3 aromatic rings. The second kappa shape index (κ2) is 7.49. The number of carbonyl (C=O) groups is 2. The number of H-pyrrole nitrogens is 1. The van der Waals surface area contributed by atoms with Crippen molar-refractivity contribution in [2.75, 3.05) is 12.4 Å². The molecule has 0 spiro atoms. The van der Waals surface area contributed by atoms with Gasteiger partial charge < -0.3 is 15.0 Å². The van der Waals surface area contributed by atoms with Crippen LogP contribution in [0.5, 0.6) is 0 Å². The number of fused-ring (bicyclic) bond motifs is 1. The molecule has 0 saturated carbocycles. The van der Waals surface area contributed by atoms with Crippen molar-refractivity contribution >= 4 is 50.2 Å². The molecule has 0 atom stereocenters. The van der Waals surface area contributed by atoms with Crippen LogP contribution >= 0.6 is 11.6 Å². The summed E-state index contributed by atoms with van der Waals surface area (Å²) in [6, 6.07) is 9.05. The quantitative estimate of drug-likeness (QED) is 0.593. The van der Waals surface area contributed by atoms with Gasteiger partial charge >= 0.3 is 6.09 Å². The third-order valence-corrected chi connectivity index (χ3v) is 5.27. The number of methoxy groups -OCH3 is 1. The van der Waals surface area contributed by atoms with Crippen molar-refractivity contribution in [1.29, 1.82) is 0 Å². The second-order valence-corrected chi connectivity index (χ2v) is 7.73. The number of nitrogens with one attached hydrogen (secondary N) is 3. The van der Waals surface area contributed by atoms with Gasteiger partial charge in [0.2, 0.25) is 0 Å². The van der Waals surface area contributed by atoms with E-state index in [0.29, 0.717) is 11.2 Å². The Bertz CT molecular complexity index is 1180. The molecule has 2 aromatic carbocycles. The average Bonchev–Trinajstić information content (AvgIpc) is 3.06. The highest BCUT2D eigenvalue weighted by molar-refractivity contribution is 7.90. The number of sulfonamides is 1. The Morgan fingerprint density at radius 2 is 1.82 bits per heavy atom.